The smallest absolute Gasteiger partial charge is 0.195 e. The van der Waals surface area contributed by atoms with Gasteiger partial charge in [0, 0.05) is 22.9 Å². The fourth-order valence-electron chi connectivity index (χ4n) is 2.37. The summed E-state index contributed by atoms with van der Waals surface area (Å²) in [6.07, 6.45) is 1.00. The first kappa shape index (κ1) is 22.2. The third kappa shape index (κ3) is 8.31. The Kier molecular flexibility index (Phi) is 8.79. The minimum absolute atomic E-state index is 0.0441. The molecule has 0 saturated carbocycles. The molecule has 154 valence electrons. The number of nitrogens with one attached hydrogen (secondary N) is 2. The van der Waals surface area contributed by atoms with Crippen molar-refractivity contribution in [1.82, 2.24) is 5.32 Å². The SMILES string of the molecule is CCS(=O)(=O)CCN=C(NCCc1cccs1)Nc1ccc(OC(C)C)cc1. The maximum absolute atomic E-state index is 11.7. The van der Waals surface area contributed by atoms with Gasteiger partial charge in [0.1, 0.15) is 5.75 Å². The molecule has 0 saturated heterocycles. The van der Waals surface area contributed by atoms with Gasteiger partial charge >= 0.3 is 0 Å². The molecule has 0 aliphatic carbocycles. The van der Waals surface area contributed by atoms with Crippen LogP contribution in [0.1, 0.15) is 25.6 Å². The third-order valence-corrected chi connectivity index (χ3v) is 6.47. The van der Waals surface area contributed by atoms with Crippen LogP contribution in [0.5, 0.6) is 5.75 Å². The number of sulfone groups is 1. The zero-order chi connectivity index (χ0) is 20.4. The number of benzene rings is 1. The van der Waals surface area contributed by atoms with E-state index in [4.69, 9.17) is 4.74 Å². The zero-order valence-electron chi connectivity index (χ0n) is 16.6. The Bertz CT molecular complexity index is 830. The van der Waals surface area contributed by atoms with Crippen LogP contribution in [-0.4, -0.2) is 45.1 Å². The van der Waals surface area contributed by atoms with Crippen molar-refractivity contribution in [2.75, 3.05) is 29.9 Å². The maximum atomic E-state index is 11.7. The van der Waals surface area contributed by atoms with E-state index < -0.39 is 9.84 Å². The molecule has 1 aromatic carbocycles. The van der Waals surface area contributed by atoms with Crippen molar-refractivity contribution >= 4 is 32.8 Å². The van der Waals surface area contributed by atoms with Gasteiger partial charge in [0.25, 0.3) is 0 Å². The molecule has 0 spiro atoms. The van der Waals surface area contributed by atoms with E-state index >= 15 is 0 Å². The van der Waals surface area contributed by atoms with Crippen LogP contribution in [0.4, 0.5) is 5.69 Å². The number of anilines is 1. The molecule has 1 aromatic heterocycles. The van der Waals surface area contributed by atoms with E-state index in [1.807, 2.05) is 44.2 Å². The summed E-state index contributed by atoms with van der Waals surface area (Å²) in [6, 6.07) is 11.7. The molecule has 0 aliphatic rings. The maximum Gasteiger partial charge on any atom is 0.195 e. The summed E-state index contributed by atoms with van der Waals surface area (Å²) in [5.74, 6) is 1.55. The second-order valence-electron chi connectivity index (χ2n) is 6.54. The number of aliphatic imine (C=N–C) groups is 1. The van der Waals surface area contributed by atoms with Crippen molar-refractivity contribution in [2.45, 2.75) is 33.3 Å². The molecule has 0 aliphatic heterocycles. The summed E-state index contributed by atoms with van der Waals surface area (Å²) in [4.78, 5) is 5.72. The second-order valence-corrected chi connectivity index (χ2v) is 10.0. The summed E-state index contributed by atoms with van der Waals surface area (Å²) < 4.78 is 29.1. The Morgan fingerprint density at radius 3 is 2.57 bits per heavy atom. The van der Waals surface area contributed by atoms with Gasteiger partial charge in [0.2, 0.25) is 0 Å². The van der Waals surface area contributed by atoms with Crippen LogP contribution < -0.4 is 15.4 Å². The van der Waals surface area contributed by atoms with E-state index in [1.54, 1.807) is 18.3 Å². The van der Waals surface area contributed by atoms with E-state index in [2.05, 4.69) is 27.1 Å². The lowest BCUT2D eigenvalue weighted by Crippen LogP contribution is -2.33. The highest BCUT2D eigenvalue weighted by atomic mass is 32.2. The Hall–Kier alpha value is -2.06. The van der Waals surface area contributed by atoms with E-state index in [0.29, 0.717) is 12.5 Å². The van der Waals surface area contributed by atoms with Gasteiger partial charge in [-0.3, -0.25) is 4.99 Å². The first-order valence-corrected chi connectivity index (χ1v) is 12.1. The molecule has 2 rings (SSSR count). The van der Waals surface area contributed by atoms with Crippen LogP contribution in [0.3, 0.4) is 0 Å². The lowest BCUT2D eigenvalue weighted by molar-refractivity contribution is 0.242. The number of hydrogen-bond donors (Lipinski definition) is 2. The minimum Gasteiger partial charge on any atom is -0.491 e. The summed E-state index contributed by atoms with van der Waals surface area (Å²) >= 11 is 1.72. The Labute approximate surface area is 172 Å². The van der Waals surface area contributed by atoms with Crippen LogP contribution >= 0.6 is 11.3 Å². The highest BCUT2D eigenvalue weighted by Gasteiger charge is 2.07. The summed E-state index contributed by atoms with van der Waals surface area (Å²) in [5.41, 5.74) is 0.858. The van der Waals surface area contributed by atoms with Crippen LogP contribution in [0.15, 0.2) is 46.8 Å². The molecule has 8 heteroatoms. The fraction of sp³-hybridized carbons (Fsp3) is 0.450. The lowest BCUT2D eigenvalue weighted by Gasteiger charge is -2.14. The second kappa shape index (κ2) is 11.1. The average Bonchev–Trinajstić information content (AvgIpc) is 3.16. The Balaban J connectivity index is 1.99. The molecule has 0 unspecified atom stereocenters. The van der Waals surface area contributed by atoms with Gasteiger partial charge in [0.05, 0.1) is 18.4 Å². The molecule has 0 fully saturated rings. The topological polar surface area (TPSA) is 79.8 Å². The van der Waals surface area contributed by atoms with Gasteiger partial charge in [-0.2, -0.15) is 0 Å². The van der Waals surface area contributed by atoms with Crippen LogP contribution in [0, 0.1) is 0 Å². The molecular weight excluding hydrogens is 394 g/mol. The van der Waals surface area contributed by atoms with Gasteiger partial charge in [-0.25, -0.2) is 8.42 Å². The normalized spacial score (nSPS) is 12.2. The summed E-state index contributed by atoms with van der Waals surface area (Å²) in [6.45, 7) is 6.55. The van der Waals surface area contributed by atoms with Crippen molar-refractivity contribution in [1.29, 1.82) is 0 Å². The van der Waals surface area contributed by atoms with Crippen molar-refractivity contribution in [2.24, 2.45) is 4.99 Å². The van der Waals surface area contributed by atoms with Gasteiger partial charge in [-0.05, 0) is 56.0 Å². The quantitative estimate of drug-likeness (QED) is 0.451. The number of hydrogen-bond acceptors (Lipinski definition) is 5. The molecule has 1 heterocycles. The van der Waals surface area contributed by atoms with Crippen LogP contribution in [0.2, 0.25) is 0 Å². The summed E-state index contributed by atoms with van der Waals surface area (Å²) in [7, 11) is -3.04. The molecule has 28 heavy (non-hydrogen) atoms. The zero-order valence-corrected chi connectivity index (χ0v) is 18.3. The highest BCUT2D eigenvalue weighted by molar-refractivity contribution is 7.91. The number of ether oxygens (including phenoxy) is 1. The monoisotopic (exact) mass is 423 g/mol. The standard InChI is InChI=1S/C20H29N3O3S2/c1-4-28(24,25)15-13-22-20(21-12-11-19-6-5-14-27-19)23-17-7-9-18(10-8-17)26-16(2)3/h5-10,14,16H,4,11-13,15H2,1-3H3,(H2,21,22,23). The molecule has 0 radical (unpaired) electrons. The van der Waals surface area contributed by atoms with Crippen molar-refractivity contribution in [3.8, 4) is 5.75 Å². The first-order valence-electron chi connectivity index (χ1n) is 9.43. The molecule has 2 N–H and O–H groups in total. The Morgan fingerprint density at radius 2 is 1.96 bits per heavy atom. The summed E-state index contributed by atoms with van der Waals surface area (Å²) in [5, 5.41) is 8.57. The largest absolute Gasteiger partial charge is 0.491 e. The molecular formula is C20H29N3O3S2. The lowest BCUT2D eigenvalue weighted by atomic mass is 10.3. The van der Waals surface area contributed by atoms with Crippen molar-refractivity contribution in [3.05, 3.63) is 46.7 Å². The van der Waals surface area contributed by atoms with Crippen molar-refractivity contribution < 1.29 is 13.2 Å². The molecule has 0 bridgehead atoms. The molecule has 6 nitrogen and oxygen atoms in total. The molecule has 0 amide bonds. The van der Waals surface area contributed by atoms with Crippen LogP contribution in [-0.2, 0) is 16.3 Å². The third-order valence-electron chi connectivity index (χ3n) is 3.84. The minimum atomic E-state index is -3.04. The number of rotatable bonds is 10. The average molecular weight is 424 g/mol. The van der Waals surface area contributed by atoms with Gasteiger partial charge in [-0.15, -0.1) is 11.3 Å². The Morgan fingerprint density at radius 1 is 1.21 bits per heavy atom. The molecule has 2 aromatic rings. The highest BCUT2D eigenvalue weighted by Crippen LogP contribution is 2.17. The van der Waals surface area contributed by atoms with E-state index in [-0.39, 0.29) is 24.2 Å². The van der Waals surface area contributed by atoms with Gasteiger partial charge in [-0.1, -0.05) is 13.0 Å². The van der Waals surface area contributed by atoms with Gasteiger partial charge < -0.3 is 15.4 Å². The van der Waals surface area contributed by atoms with Crippen molar-refractivity contribution in [3.63, 3.8) is 0 Å². The van der Waals surface area contributed by atoms with E-state index in [1.165, 1.54) is 4.88 Å². The predicted octanol–water partition coefficient (Wildman–Crippen LogP) is 3.57. The predicted molar refractivity (Wildman–Crippen MR) is 118 cm³/mol. The van der Waals surface area contributed by atoms with Gasteiger partial charge in [0.15, 0.2) is 15.8 Å². The van der Waals surface area contributed by atoms with E-state index in [9.17, 15) is 8.42 Å². The molecule has 0 atom stereocenters. The van der Waals surface area contributed by atoms with Crippen LogP contribution in [0.25, 0.3) is 0 Å². The number of nitrogens with zero attached hydrogens (tertiary/aromatic N) is 1. The number of thiophene rings is 1. The first-order chi connectivity index (χ1) is 13.4. The van der Waals surface area contributed by atoms with E-state index in [0.717, 1.165) is 17.9 Å². The fourth-order valence-corrected chi connectivity index (χ4v) is 3.73. The number of guanidine groups is 1.